The Hall–Kier alpha value is -0.120. The molecule has 12 heavy (non-hydrogen) atoms. The molecule has 1 saturated heterocycles. The lowest BCUT2D eigenvalue weighted by Gasteiger charge is -2.27. The summed E-state index contributed by atoms with van der Waals surface area (Å²) in [7, 11) is 1.68. The average Bonchev–Trinajstić information content (AvgIpc) is 2.41. The Balaban J connectivity index is 2.15. The van der Waals surface area contributed by atoms with Gasteiger partial charge < -0.3 is 14.6 Å². The average molecular weight is 172 g/mol. The molecule has 3 nitrogen and oxygen atoms in total. The third kappa shape index (κ3) is 0.934. The van der Waals surface area contributed by atoms with Crippen molar-refractivity contribution in [1.82, 2.24) is 0 Å². The minimum atomic E-state index is -0.313. The van der Waals surface area contributed by atoms with E-state index in [9.17, 15) is 5.11 Å². The van der Waals surface area contributed by atoms with E-state index in [1.165, 1.54) is 0 Å². The second kappa shape index (κ2) is 2.69. The van der Waals surface area contributed by atoms with Crippen molar-refractivity contribution in [2.24, 2.45) is 11.3 Å². The third-order valence-electron chi connectivity index (χ3n) is 3.22. The first kappa shape index (κ1) is 8.48. The lowest BCUT2D eigenvalue weighted by atomic mass is 9.86. The maximum Gasteiger partial charge on any atom is 0.0904 e. The zero-order chi connectivity index (χ0) is 8.77. The summed E-state index contributed by atoms with van der Waals surface area (Å²) in [6.45, 7) is 3.41. The number of aliphatic hydroxyl groups is 1. The fourth-order valence-electron chi connectivity index (χ4n) is 2.67. The van der Waals surface area contributed by atoms with Crippen LogP contribution in [0.3, 0.4) is 0 Å². The van der Waals surface area contributed by atoms with Crippen molar-refractivity contribution >= 4 is 0 Å². The smallest absolute Gasteiger partial charge is 0.0904 e. The summed E-state index contributed by atoms with van der Waals surface area (Å²) in [6, 6.07) is 0. The first-order valence-corrected chi connectivity index (χ1v) is 4.48. The third-order valence-corrected chi connectivity index (χ3v) is 3.22. The number of rotatable bonds is 2. The van der Waals surface area contributed by atoms with E-state index in [-0.39, 0.29) is 17.6 Å². The predicted octanol–water partition coefficient (Wildman–Crippen LogP) is 0.419. The maximum absolute atomic E-state index is 9.88. The number of ether oxygens (including phenoxy) is 2. The quantitative estimate of drug-likeness (QED) is 0.656. The molecule has 0 aromatic rings. The van der Waals surface area contributed by atoms with Crippen LogP contribution in [0, 0.1) is 11.3 Å². The molecule has 1 aliphatic heterocycles. The lowest BCUT2D eigenvalue weighted by molar-refractivity contribution is -0.0115. The van der Waals surface area contributed by atoms with E-state index in [0.29, 0.717) is 19.1 Å². The molecule has 1 saturated carbocycles. The van der Waals surface area contributed by atoms with E-state index in [1.807, 2.05) is 0 Å². The molecule has 4 atom stereocenters. The van der Waals surface area contributed by atoms with Crippen LogP contribution in [0.15, 0.2) is 0 Å². The molecule has 2 aliphatic rings. The Morgan fingerprint density at radius 2 is 2.42 bits per heavy atom. The van der Waals surface area contributed by atoms with Crippen molar-refractivity contribution in [1.29, 1.82) is 0 Å². The van der Waals surface area contributed by atoms with Gasteiger partial charge in [-0.05, 0) is 12.3 Å². The molecule has 1 N–H and O–H groups in total. The van der Waals surface area contributed by atoms with E-state index in [1.54, 1.807) is 7.11 Å². The maximum atomic E-state index is 9.88. The van der Waals surface area contributed by atoms with Crippen molar-refractivity contribution in [3.63, 3.8) is 0 Å². The second-order valence-corrected chi connectivity index (χ2v) is 4.20. The minimum Gasteiger partial charge on any atom is -0.390 e. The molecule has 4 unspecified atom stereocenters. The summed E-state index contributed by atoms with van der Waals surface area (Å²) in [5, 5.41) is 9.88. The predicted molar refractivity (Wildman–Crippen MR) is 43.8 cm³/mol. The molecular formula is C9H16O3. The summed E-state index contributed by atoms with van der Waals surface area (Å²) in [5.41, 5.74) is -0.0984. The van der Waals surface area contributed by atoms with E-state index < -0.39 is 0 Å². The zero-order valence-electron chi connectivity index (χ0n) is 7.62. The van der Waals surface area contributed by atoms with Gasteiger partial charge in [-0.3, -0.25) is 0 Å². The van der Waals surface area contributed by atoms with Gasteiger partial charge in [0.15, 0.2) is 0 Å². The van der Waals surface area contributed by atoms with Crippen molar-refractivity contribution in [2.45, 2.75) is 25.6 Å². The van der Waals surface area contributed by atoms with Gasteiger partial charge in [-0.1, -0.05) is 6.92 Å². The van der Waals surface area contributed by atoms with Gasteiger partial charge in [0.25, 0.3) is 0 Å². The van der Waals surface area contributed by atoms with Crippen LogP contribution in [0.1, 0.15) is 13.3 Å². The molecule has 2 fully saturated rings. The molecule has 1 aliphatic carbocycles. The summed E-state index contributed by atoms with van der Waals surface area (Å²) >= 11 is 0. The van der Waals surface area contributed by atoms with Crippen LogP contribution in [0.2, 0.25) is 0 Å². The number of aliphatic hydroxyl groups excluding tert-OH is 1. The van der Waals surface area contributed by atoms with Gasteiger partial charge in [-0.25, -0.2) is 0 Å². The summed E-state index contributed by atoms with van der Waals surface area (Å²) in [4.78, 5) is 0. The highest BCUT2D eigenvalue weighted by atomic mass is 16.5. The molecule has 2 bridgehead atoms. The van der Waals surface area contributed by atoms with Crippen LogP contribution in [0.4, 0.5) is 0 Å². The van der Waals surface area contributed by atoms with Crippen LogP contribution in [-0.2, 0) is 9.47 Å². The van der Waals surface area contributed by atoms with Crippen LogP contribution in [-0.4, -0.2) is 37.6 Å². The Morgan fingerprint density at radius 1 is 1.67 bits per heavy atom. The highest BCUT2D eigenvalue weighted by Gasteiger charge is 2.57. The number of hydrogen-bond acceptors (Lipinski definition) is 3. The molecule has 0 aromatic carbocycles. The van der Waals surface area contributed by atoms with E-state index in [4.69, 9.17) is 9.47 Å². The van der Waals surface area contributed by atoms with Crippen LogP contribution < -0.4 is 0 Å². The first-order valence-electron chi connectivity index (χ1n) is 4.48. The number of fused-ring (bicyclic) bond motifs is 2. The topological polar surface area (TPSA) is 38.7 Å². The standard InChI is InChI=1S/C9H16O3/c1-6-3-9(4-11-2)5-12-7(6)8(9)10/h6-8,10H,3-5H2,1-2H3. The van der Waals surface area contributed by atoms with Gasteiger partial charge in [0.2, 0.25) is 0 Å². The van der Waals surface area contributed by atoms with Gasteiger partial charge >= 0.3 is 0 Å². The first-order chi connectivity index (χ1) is 5.69. The molecule has 0 aromatic heterocycles. The second-order valence-electron chi connectivity index (χ2n) is 4.20. The SMILES string of the molecule is COCC12COC(C(C)C1)C2O. The Labute approximate surface area is 72.7 Å². The normalized spacial score (nSPS) is 51.8. The Kier molecular flexibility index (Phi) is 1.90. The molecule has 0 spiro atoms. The molecule has 70 valence electrons. The molecule has 1 heterocycles. The van der Waals surface area contributed by atoms with Gasteiger partial charge in [0, 0.05) is 12.5 Å². The van der Waals surface area contributed by atoms with E-state index >= 15 is 0 Å². The largest absolute Gasteiger partial charge is 0.390 e. The fourth-order valence-corrected chi connectivity index (χ4v) is 2.67. The Morgan fingerprint density at radius 3 is 2.83 bits per heavy atom. The summed E-state index contributed by atoms with van der Waals surface area (Å²) in [6.07, 6.45) is 0.778. The fraction of sp³-hybridized carbons (Fsp3) is 1.00. The van der Waals surface area contributed by atoms with Crippen LogP contribution in [0.25, 0.3) is 0 Å². The minimum absolute atomic E-state index is 0.0557. The highest BCUT2D eigenvalue weighted by Crippen LogP contribution is 2.49. The van der Waals surface area contributed by atoms with E-state index in [0.717, 1.165) is 6.42 Å². The lowest BCUT2D eigenvalue weighted by Crippen LogP contribution is -2.35. The zero-order valence-corrected chi connectivity index (χ0v) is 7.62. The van der Waals surface area contributed by atoms with Gasteiger partial charge in [0.05, 0.1) is 25.4 Å². The van der Waals surface area contributed by atoms with Crippen LogP contribution in [0.5, 0.6) is 0 Å². The number of methoxy groups -OCH3 is 1. The molecular weight excluding hydrogens is 156 g/mol. The Bertz CT molecular complexity index is 183. The van der Waals surface area contributed by atoms with Crippen LogP contribution >= 0.6 is 0 Å². The summed E-state index contributed by atoms with van der Waals surface area (Å²) in [5.74, 6) is 0.476. The number of hydrogen-bond donors (Lipinski definition) is 1. The van der Waals surface area contributed by atoms with Crippen molar-refractivity contribution in [3.05, 3.63) is 0 Å². The van der Waals surface area contributed by atoms with E-state index in [2.05, 4.69) is 6.92 Å². The van der Waals surface area contributed by atoms with Crippen molar-refractivity contribution in [2.75, 3.05) is 20.3 Å². The van der Waals surface area contributed by atoms with Gasteiger partial charge in [0.1, 0.15) is 0 Å². The van der Waals surface area contributed by atoms with Gasteiger partial charge in [-0.15, -0.1) is 0 Å². The highest BCUT2D eigenvalue weighted by molar-refractivity contribution is 5.05. The van der Waals surface area contributed by atoms with Crippen molar-refractivity contribution < 1.29 is 14.6 Å². The summed E-state index contributed by atoms with van der Waals surface area (Å²) < 4.78 is 10.6. The van der Waals surface area contributed by atoms with Gasteiger partial charge in [-0.2, -0.15) is 0 Å². The monoisotopic (exact) mass is 172 g/mol. The van der Waals surface area contributed by atoms with Crippen molar-refractivity contribution in [3.8, 4) is 0 Å². The molecule has 3 heteroatoms. The molecule has 0 amide bonds. The molecule has 2 rings (SSSR count). The molecule has 0 radical (unpaired) electrons.